The lowest BCUT2D eigenvalue weighted by Gasteiger charge is -2.45. The average Bonchev–Trinajstić information content (AvgIpc) is 2.77. The van der Waals surface area contributed by atoms with Crippen molar-refractivity contribution < 1.29 is 24.1 Å². The Morgan fingerprint density at radius 2 is 1.86 bits per heavy atom. The number of aliphatic hydroxyl groups is 1. The van der Waals surface area contributed by atoms with Crippen LogP contribution in [0.25, 0.3) is 0 Å². The molecule has 1 aromatic carbocycles. The van der Waals surface area contributed by atoms with Crippen molar-refractivity contribution in [3.8, 4) is 11.5 Å². The van der Waals surface area contributed by atoms with E-state index in [9.17, 15) is 9.90 Å². The monoisotopic (exact) mass is 390 g/mol. The maximum atomic E-state index is 13.1. The summed E-state index contributed by atoms with van der Waals surface area (Å²) >= 11 is 0. The number of aliphatic hydroxyl groups excluding tert-OH is 1. The van der Waals surface area contributed by atoms with Crippen molar-refractivity contribution in [1.29, 1.82) is 0 Å². The van der Waals surface area contributed by atoms with Crippen molar-refractivity contribution >= 4 is 5.91 Å². The molecule has 0 spiro atoms. The maximum Gasteiger partial charge on any atom is 0.254 e. The summed E-state index contributed by atoms with van der Waals surface area (Å²) in [5, 5.41) is 9.32. The van der Waals surface area contributed by atoms with Gasteiger partial charge in [-0.2, -0.15) is 0 Å². The highest BCUT2D eigenvalue weighted by atomic mass is 16.6. The molecule has 2 fully saturated rings. The summed E-state index contributed by atoms with van der Waals surface area (Å²) < 4.78 is 16.7. The summed E-state index contributed by atoms with van der Waals surface area (Å²) in [6, 6.07) is 5.91. The van der Waals surface area contributed by atoms with E-state index in [1.165, 1.54) is 0 Å². The number of benzene rings is 1. The molecule has 0 saturated carbocycles. The number of ether oxygens (including phenoxy) is 3. The van der Waals surface area contributed by atoms with Gasteiger partial charge in [-0.15, -0.1) is 0 Å². The Labute approximate surface area is 166 Å². The van der Waals surface area contributed by atoms with Gasteiger partial charge in [0.05, 0.1) is 13.2 Å². The zero-order valence-corrected chi connectivity index (χ0v) is 16.3. The molecule has 0 aliphatic carbocycles. The van der Waals surface area contributed by atoms with Crippen LogP contribution in [0.1, 0.15) is 29.6 Å². The van der Waals surface area contributed by atoms with Crippen molar-refractivity contribution in [2.24, 2.45) is 5.92 Å². The van der Waals surface area contributed by atoms with Crippen molar-refractivity contribution in [2.45, 2.75) is 25.3 Å². The molecule has 2 atom stereocenters. The summed E-state index contributed by atoms with van der Waals surface area (Å²) in [6.07, 6.45) is 2.67. The summed E-state index contributed by atoms with van der Waals surface area (Å²) in [4.78, 5) is 17.6. The predicted octanol–water partition coefficient (Wildman–Crippen LogP) is 1.39. The van der Waals surface area contributed by atoms with Crippen LogP contribution in [0.4, 0.5) is 0 Å². The first-order chi connectivity index (χ1) is 13.8. The molecule has 4 rings (SSSR count). The smallest absolute Gasteiger partial charge is 0.254 e. The second-order valence-electron chi connectivity index (χ2n) is 7.74. The Hall–Kier alpha value is -1.83. The van der Waals surface area contributed by atoms with Gasteiger partial charge in [0, 0.05) is 44.4 Å². The lowest BCUT2D eigenvalue weighted by Crippen LogP contribution is -2.55. The SMILES string of the molecule is O=C(c1ccc2c(c1)OCCO2)N1CC[C@H](N2CCOCC2)[C@H](CCCO)C1. The molecule has 28 heavy (non-hydrogen) atoms. The van der Waals surface area contributed by atoms with E-state index in [0.29, 0.717) is 42.2 Å². The molecule has 1 aromatic rings. The lowest BCUT2D eigenvalue weighted by molar-refractivity contribution is -0.0196. The minimum atomic E-state index is 0.0476. The number of piperidine rings is 1. The van der Waals surface area contributed by atoms with Crippen LogP contribution in [0, 0.1) is 5.92 Å². The van der Waals surface area contributed by atoms with Gasteiger partial charge in [-0.1, -0.05) is 0 Å². The Kier molecular flexibility index (Phi) is 6.34. The highest BCUT2D eigenvalue weighted by Crippen LogP contribution is 2.32. The summed E-state index contributed by atoms with van der Waals surface area (Å²) in [6.45, 7) is 6.21. The van der Waals surface area contributed by atoms with Gasteiger partial charge in [-0.25, -0.2) is 0 Å². The third kappa shape index (κ3) is 4.26. The average molecular weight is 390 g/mol. The van der Waals surface area contributed by atoms with Crippen LogP contribution < -0.4 is 9.47 Å². The number of fused-ring (bicyclic) bond motifs is 1. The molecule has 0 radical (unpaired) electrons. The van der Waals surface area contributed by atoms with Crippen LogP contribution in [0.2, 0.25) is 0 Å². The third-order valence-electron chi connectivity index (χ3n) is 6.02. The zero-order chi connectivity index (χ0) is 19.3. The molecular formula is C21H30N2O5. The summed E-state index contributed by atoms with van der Waals surface area (Å²) in [5.74, 6) is 1.78. The first kappa shape index (κ1) is 19.5. The first-order valence-electron chi connectivity index (χ1n) is 10.4. The Balaban J connectivity index is 1.45. The first-order valence-corrected chi connectivity index (χ1v) is 10.4. The molecule has 1 N–H and O–H groups in total. The largest absolute Gasteiger partial charge is 0.486 e. The van der Waals surface area contributed by atoms with Gasteiger partial charge in [0.15, 0.2) is 11.5 Å². The number of carbonyl (C=O) groups is 1. The van der Waals surface area contributed by atoms with E-state index in [0.717, 1.165) is 58.7 Å². The van der Waals surface area contributed by atoms with Gasteiger partial charge in [0.1, 0.15) is 13.2 Å². The van der Waals surface area contributed by atoms with Gasteiger partial charge in [-0.05, 0) is 43.4 Å². The highest BCUT2D eigenvalue weighted by molar-refractivity contribution is 5.95. The molecule has 3 heterocycles. The molecule has 154 valence electrons. The molecule has 7 heteroatoms. The van der Waals surface area contributed by atoms with E-state index in [1.807, 2.05) is 17.0 Å². The third-order valence-corrected chi connectivity index (χ3v) is 6.02. The number of hydrogen-bond acceptors (Lipinski definition) is 6. The number of rotatable bonds is 5. The number of amides is 1. The van der Waals surface area contributed by atoms with Gasteiger partial charge in [-0.3, -0.25) is 9.69 Å². The molecule has 7 nitrogen and oxygen atoms in total. The van der Waals surface area contributed by atoms with Crippen molar-refractivity contribution in [1.82, 2.24) is 9.80 Å². The van der Waals surface area contributed by atoms with Crippen LogP contribution in [0.3, 0.4) is 0 Å². The fourth-order valence-electron chi connectivity index (χ4n) is 4.59. The fraction of sp³-hybridized carbons (Fsp3) is 0.667. The molecule has 3 aliphatic heterocycles. The second-order valence-corrected chi connectivity index (χ2v) is 7.74. The van der Waals surface area contributed by atoms with E-state index in [2.05, 4.69) is 4.90 Å². The number of nitrogens with zero attached hydrogens (tertiary/aromatic N) is 2. The van der Waals surface area contributed by atoms with Gasteiger partial charge < -0.3 is 24.2 Å². The topological polar surface area (TPSA) is 71.5 Å². The van der Waals surface area contributed by atoms with Crippen LogP contribution in [-0.2, 0) is 4.74 Å². The molecule has 0 bridgehead atoms. The lowest BCUT2D eigenvalue weighted by atomic mass is 9.86. The van der Waals surface area contributed by atoms with Gasteiger partial charge in [0.25, 0.3) is 5.91 Å². The quantitative estimate of drug-likeness (QED) is 0.819. The Morgan fingerprint density at radius 3 is 2.64 bits per heavy atom. The van der Waals surface area contributed by atoms with Crippen molar-refractivity contribution in [2.75, 3.05) is 59.2 Å². The predicted molar refractivity (Wildman–Crippen MR) is 104 cm³/mol. The molecule has 1 amide bonds. The van der Waals surface area contributed by atoms with E-state index < -0.39 is 0 Å². The van der Waals surface area contributed by atoms with E-state index >= 15 is 0 Å². The number of morpholine rings is 1. The summed E-state index contributed by atoms with van der Waals surface area (Å²) in [7, 11) is 0. The molecule has 0 aromatic heterocycles. The maximum absolute atomic E-state index is 13.1. The normalized spacial score (nSPS) is 25.5. The fourth-order valence-corrected chi connectivity index (χ4v) is 4.59. The van der Waals surface area contributed by atoms with Crippen LogP contribution >= 0.6 is 0 Å². The number of likely N-dealkylation sites (tertiary alicyclic amines) is 1. The Bertz CT molecular complexity index is 677. The molecule has 3 aliphatic rings. The van der Waals surface area contributed by atoms with Gasteiger partial charge >= 0.3 is 0 Å². The van der Waals surface area contributed by atoms with Crippen LogP contribution in [-0.4, -0.2) is 86.1 Å². The standard InChI is InChI=1S/C21H30N2O5/c24-9-1-2-17-15-23(6-5-18(17)22-7-10-26-11-8-22)21(25)16-3-4-19-20(14-16)28-13-12-27-19/h3-4,14,17-18,24H,1-2,5-13,15H2/t17-,18+/m1/s1. The van der Waals surface area contributed by atoms with E-state index in [1.54, 1.807) is 6.07 Å². The zero-order valence-electron chi connectivity index (χ0n) is 16.3. The second kappa shape index (κ2) is 9.11. The molecule has 2 saturated heterocycles. The minimum Gasteiger partial charge on any atom is -0.486 e. The van der Waals surface area contributed by atoms with Crippen molar-refractivity contribution in [3.05, 3.63) is 23.8 Å². The molecular weight excluding hydrogens is 360 g/mol. The van der Waals surface area contributed by atoms with Gasteiger partial charge in [0.2, 0.25) is 0 Å². The summed E-state index contributed by atoms with van der Waals surface area (Å²) in [5.41, 5.74) is 0.648. The molecule has 0 unspecified atom stereocenters. The highest BCUT2D eigenvalue weighted by Gasteiger charge is 2.35. The van der Waals surface area contributed by atoms with E-state index in [-0.39, 0.29) is 12.5 Å². The minimum absolute atomic E-state index is 0.0476. The Morgan fingerprint density at radius 1 is 1.07 bits per heavy atom. The van der Waals surface area contributed by atoms with Crippen LogP contribution in [0.5, 0.6) is 11.5 Å². The van der Waals surface area contributed by atoms with Crippen LogP contribution in [0.15, 0.2) is 18.2 Å². The van der Waals surface area contributed by atoms with E-state index in [4.69, 9.17) is 14.2 Å². The number of carbonyl (C=O) groups excluding carboxylic acids is 1. The van der Waals surface area contributed by atoms with Crippen molar-refractivity contribution in [3.63, 3.8) is 0 Å². The number of hydrogen-bond donors (Lipinski definition) is 1.